The van der Waals surface area contributed by atoms with E-state index in [2.05, 4.69) is 19.9 Å². The van der Waals surface area contributed by atoms with Gasteiger partial charge in [0.15, 0.2) is 0 Å². The first-order valence-corrected chi connectivity index (χ1v) is 5.70. The van der Waals surface area contributed by atoms with Crippen LogP contribution in [0.4, 0.5) is 0 Å². The molecule has 0 bridgehead atoms. The molecule has 1 heterocycles. The lowest BCUT2D eigenvalue weighted by Gasteiger charge is -2.13. The van der Waals surface area contributed by atoms with Gasteiger partial charge in [-0.25, -0.2) is 4.98 Å². The number of nitrogens with zero attached hydrogens (tertiary/aromatic N) is 3. The third-order valence-corrected chi connectivity index (χ3v) is 2.47. The Morgan fingerprint density at radius 2 is 2.11 bits per heavy atom. The molecular weight excluding hydrogens is 236 g/mol. The minimum absolute atomic E-state index is 0.117. The molecule has 1 rings (SSSR count). The fourth-order valence-electron chi connectivity index (χ4n) is 1.26. The second-order valence-electron chi connectivity index (χ2n) is 4.25. The first-order valence-electron chi connectivity index (χ1n) is 5.70. The van der Waals surface area contributed by atoms with Crippen molar-refractivity contribution in [3.63, 3.8) is 0 Å². The molecule has 1 amide bonds. The molecule has 100 valence electrons. The molecule has 0 aliphatic heterocycles. The van der Waals surface area contributed by atoms with Crippen LogP contribution in [0.2, 0.25) is 0 Å². The van der Waals surface area contributed by atoms with Crippen molar-refractivity contribution in [1.29, 1.82) is 0 Å². The van der Waals surface area contributed by atoms with Gasteiger partial charge in [-0.05, 0) is 0 Å². The van der Waals surface area contributed by atoms with E-state index in [4.69, 9.17) is 0 Å². The molecule has 7 nitrogen and oxygen atoms in total. The number of amides is 1. The summed E-state index contributed by atoms with van der Waals surface area (Å²) in [5, 5.41) is 6.58. The van der Waals surface area contributed by atoms with Gasteiger partial charge in [0, 0.05) is 19.5 Å². The predicted octanol–water partition coefficient (Wildman–Crippen LogP) is 0.563. The van der Waals surface area contributed by atoms with Gasteiger partial charge >= 0.3 is 5.97 Å². The highest BCUT2D eigenvalue weighted by Gasteiger charge is 2.18. The van der Waals surface area contributed by atoms with Crippen molar-refractivity contribution in [1.82, 2.24) is 20.1 Å². The number of aromatic nitrogens is 3. The molecule has 1 N–H and O–H groups in total. The number of esters is 1. The first kappa shape index (κ1) is 14.1. The minimum Gasteiger partial charge on any atom is -0.469 e. The number of H-pyrrole nitrogens is 1. The summed E-state index contributed by atoms with van der Waals surface area (Å²) in [7, 11) is 2.91. The van der Waals surface area contributed by atoms with E-state index in [0.717, 1.165) is 0 Å². The summed E-state index contributed by atoms with van der Waals surface area (Å²) < 4.78 is 4.51. The zero-order valence-electron chi connectivity index (χ0n) is 11.1. The second kappa shape index (κ2) is 6.13. The van der Waals surface area contributed by atoms with Crippen LogP contribution in [0.1, 0.15) is 42.6 Å². The Labute approximate surface area is 106 Å². The number of methoxy groups -OCH3 is 1. The van der Waals surface area contributed by atoms with Gasteiger partial charge in [-0.3, -0.25) is 14.7 Å². The largest absolute Gasteiger partial charge is 0.469 e. The first-order chi connectivity index (χ1) is 8.45. The summed E-state index contributed by atoms with van der Waals surface area (Å²) in [6, 6.07) is 0. The molecular formula is C11H18N4O3. The standard InChI is InChI=1S/C11H18N4O3/c1-7(2)9-12-10(14-13-9)11(17)15(3)6-5-8(16)18-4/h7H,5-6H2,1-4H3,(H,12,13,14). The van der Waals surface area contributed by atoms with E-state index in [9.17, 15) is 9.59 Å². The van der Waals surface area contributed by atoms with Crippen LogP contribution in [-0.2, 0) is 9.53 Å². The number of hydrogen-bond donors (Lipinski definition) is 1. The zero-order chi connectivity index (χ0) is 13.7. The molecule has 18 heavy (non-hydrogen) atoms. The SMILES string of the molecule is COC(=O)CCN(C)C(=O)c1n[nH]c(C(C)C)n1. The summed E-state index contributed by atoms with van der Waals surface area (Å²) in [6.45, 7) is 4.18. The summed E-state index contributed by atoms with van der Waals surface area (Å²) in [5.74, 6) is 0.291. The fraction of sp³-hybridized carbons (Fsp3) is 0.636. The van der Waals surface area contributed by atoms with E-state index in [1.165, 1.54) is 12.0 Å². The highest BCUT2D eigenvalue weighted by Crippen LogP contribution is 2.08. The average molecular weight is 254 g/mol. The van der Waals surface area contributed by atoms with Crippen molar-refractivity contribution in [2.24, 2.45) is 0 Å². The molecule has 0 aromatic carbocycles. The van der Waals surface area contributed by atoms with E-state index in [1.54, 1.807) is 7.05 Å². The Balaban J connectivity index is 2.59. The van der Waals surface area contributed by atoms with E-state index < -0.39 is 0 Å². The number of hydrogen-bond acceptors (Lipinski definition) is 5. The molecule has 0 saturated carbocycles. The monoisotopic (exact) mass is 254 g/mol. The molecule has 0 unspecified atom stereocenters. The highest BCUT2D eigenvalue weighted by molar-refractivity contribution is 5.90. The van der Waals surface area contributed by atoms with Crippen molar-refractivity contribution >= 4 is 11.9 Å². The van der Waals surface area contributed by atoms with Gasteiger partial charge in [0.25, 0.3) is 5.91 Å². The second-order valence-corrected chi connectivity index (χ2v) is 4.25. The lowest BCUT2D eigenvalue weighted by Crippen LogP contribution is -2.30. The molecule has 1 aromatic rings. The van der Waals surface area contributed by atoms with Crippen molar-refractivity contribution in [3.8, 4) is 0 Å². The van der Waals surface area contributed by atoms with E-state index in [0.29, 0.717) is 5.82 Å². The van der Waals surface area contributed by atoms with Crippen LogP contribution in [0.3, 0.4) is 0 Å². The molecule has 0 radical (unpaired) electrons. The lowest BCUT2D eigenvalue weighted by atomic mass is 10.2. The Hall–Kier alpha value is -1.92. The molecule has 1 aromatic heterocycles. The maximum atomic E-state index is 11.9. The van der Waals surface area contributed by atoms with Crippen LogP contribution in [0.15, 0.2) is 0 Å². The summed E-state index contributed by atoms with van der Waals surface area (Å²) in [4.78, 5) is 28.4. The summed E-state index contributed by atoms with van der Waals surface area (Å²) in [5.41, 5.74) is 0. The average Bonchev–Trinajstić information content (AvgIpc) is 2.84. The number of ether oxygens (including phenoxy) is 1. The molecule has 0 aliphatic carbocycles. The van der Waals surface area contributed by atoms with Crippen molar-refractivity contribution in [3.05, 3.63) is 11.6 Å². The maximum absolute atomic E-state index is 11.9. The van der Waals surface area contributed by atoms with E-state index >= 15 is 0 Å². The zero-order valence-corrected chi connectivity index (χ0v) is 11.1. The summed E-state index contributed by atoms with van der Waals surface area (Å²) in [6.07, 6.45) is 0.153. The third kappa shape index (κ3) is 3.54. The van der Waals surface area contributed by atoms with Gasteiger partial charge in [-0.2, -0.15) is 0 Å². The molecule has 0 atom stereocenters. The van der Waals surface area contributed by atoms with Crippen LogP contribution >= 0.6 is 0 Å². The Morgan fingerprint density at radius 3 is 2.61 bits per heavy atom. The Bertz CT molecular complexity index is 428. The Kier molecular flexibility index (Phi) is 4.82. The number of carbonyl (C=O) groups excluding carboxylic acids is 2. The van der Waals surface area contributed by atoms with Gasteiger partial charge < -0.3 is 9.64 Å². The van der Waals surface area contributed by atoms with Crippen molar-refractivity contribution in [2.45, 2.75) is 26.2 Å². The molecule has 0 aliphatic rings. The number of rotatable bonds is 5. The van der Waals surface area contributed by atoms with Gasteiger partial charge in [0.05, 0.1) is 13.5 Å². The molecule has 0 saturated heterocycles. The quantitative estimate of drug-likeness (QED) is 0.776. The topological polar surface area (TPSA) is 88.2 Å². The number of nitrogens with one attached hydrogen (secondary N) is 1. The van der Waals surface area contributed by atoms with Crippen LogP contribution in [0, 0.1) is 0 Å². The normalized spacial score (nSPS) is 10.5. The Morgan fingerprint density at radius 1 is 1.44 bits per heavy atom. The van der Waals surface area contributed by atoms with Crippen molar-refractivity contribution < 1.29 is 14.3 Å². The molecule has 7 heteroatoms. The van der Waals surface area contributed by atoms with Crippen molar-refractivity contribution in [2.75, 3.05) is 20.7 Å². The maximum Gasteiger partial charge on any atom is 0.307 e. The molecule has 0 fully saturated rings. The minimum atomic E-state index is -0.354. The molecule has 0 spiro atoms. The fourth-order valence-corrected chi connectivity index (χ4v) is 1.26. The predicted molar refractivity (Wildman–Crippen MR) is 64.1 cm³/mol. The summed E-state index contributed by atoms with van der Waals surface area (Å²) >= 11 is 0. The van der Waals surface area contributed by atoms with E-state index in [-0.39, 0.29) is 36.6 Å². The van der Waals surface area contributed by atoms with E-state index in [1.807, 2.05) is 13.8 Å². The van der Waals surface area contributed by atoms with Gasteiger partial charge in [0.1, 0.15) is 5.82 Å². The van der Waals surface area contributed by atoms with Crippen LogP contribution in [0.5, 0.6) is 0 Å². The lowest BCUT2D eigenvalue weighted by molar-refractivity contribution is -0.140. The van der Waals surface area contributed by atoms with Gasteiger partial charge in [-0.1, -0.05) is 13.8 Å². The third-order valence-electron chi connectivity index (χ3n) is 2.47. The smallest absolute Gasteiger partial charge is 0.307 e. The van der Waals surface area contributed by atoms with Crippen LogP contribution in [-0.4, -0.2) is 52.7 Å². The van der Waals surface area contributed by atoms with Gasteiger partial charge in [-0.15, -0.1) is 5.10 Å². The number of aromatic amines is 1. The van der Waals surface area contributed by atoms with Crippen LogP contribution < -0.4 is 0 Å². The van der Waals surface area contributed by atoms with Gasteiger partial charge in [0.2, 0.25) is 5.82 Å². The highest BCUT2D eigenvalue weighted by atomic mass is 16.5. The number of carbonyl (C=O) groups is 2. The van der Waals surface area contributed by atoms with Crippen LogP contribution in [0.25, 0.3) is 0 Å².